The van der Waals surface area contributed by atoms with Gasteiger partial charge in [0.05, 0.1) is 73.7 Å². The van der Waals surface area contributed by atoms with E-state index in [-0.39, 0.29) is 25.0 Å². The maximum absolute atomic E-state index is 12.3. The van der Waals surface area contributed by atoms with Crippen molar-refractivity contribution >= 4 is 81.3 Å². The minimum atomic E-state index is -0.211. The zero-order valence-electron chi connectivity index (χ0n) is 47.2. The van der Waals surface area contributed by atoms with E-state index in [2.05, 4.69) is 83.6 Å². The molecule has 0 saturated carbocycles. The second-order valence-electron chi connectivity index (χ2n) is 20.8. The lowest BCUT2D eigenvalue weighted by Crippen LogP contribution is -2.51. The number of aromatic nitrogens is 4. The average Bonchev–Trinajstić information content (AvgIpc) is 4.04. The van der Waals surface area contributed by atoms with Crippen molar-refractivity contribution in [3.8, 4) is 11.5 Å². The van der Waals surface area contributed by atoms with E-state index in [1.807, 2.05) is 24.3 Å². The smallest absolute Gasteiger partial charge is 0.253 e. The van der Waals surface area contributed by atoms with Gasteiger partial charge < -0.3 is 51.6 Å². The van der Waals surface area contributed by atoms with Crippen molar-refractivity contribution < 1.29 is 29.3 Å². The maximum Gasteiger partial charge on any atom is 0.253 e. The number of fused-ring (bicyclic) bond motifs is 2. The number of hydrogen-bond donors (Lipinski definition) is 8. The van der Waals surface area contributed by atoms with Gasteiger partial charge in [-0.3, -0.25) is 29.2 Å². The summed E-state index contributed by atoms with van der Waals surface area (Å²) in [6.45, 7) is 10.1. The number of anilines is 8. The van der Waals surface area contributed by atoms with E-state index >= 15 is 0 Å². The second-order valence-corrected chi connectivity index (χ2v) is 21.6. The van der Waals surface area contributed by atoms with E-state index in [0.29, 0.717) is 68.2 Å². The van der Waals surface area contributed by atoms with E-state index < -0.39 is 0 Å². The molecule has 4 aromatic carbocycles. The number of nitrogens with one attached hydrogen (secondary N) is 6. The summed E-state index contributed by atoms with van der Waals surface area (Å²) in [5.74, 6) is 2.70. The highest BCUT2D eigenvalue weighted by atomic mass is 35.5. The Morgan fingerprint density at radius 1 is 0.561 bits per heavy atom. The molecule has 2 aliphatic carbocycles. The normalized spacial score (nSPS) is 17.8. The zero-order chi connectivity index (χ0) is 57.5. The number of carbonyl (C=O) groups excluding carboxylic acids is 2. The van der Waals surface area contributed by atoms with Gasteiger partial charge in [-0.15, -0.1) is 0 Å². The first-order valence-electron chi connectivity index (χ1n) is 28.3. The lowest BCUT2D eigenvalue weighted by molar-refractivity contribution is 0.0804. The number of para-hydroxylation sites is 2. The molecule has 2 aromatic heterocycles. The maximum atomic E-state index is 12.3. The number of rotatable bonds is 18. The van der Waals surface area contributed by atoms with Crippen LogP contribution in [0.1, 0.15) is 68.7 Å². The molecule has 2 atom stereocenters. The molecule has 2 aliphatic heterocycles. The molecule has 2 amide bonds. The number of amides is 2. The minimum absolute atomic E-state index is 0.211. The van der Waals surface area contributed by atoms with E-state index in [1.54, 1.807) is 64.7 Å². The van der Waals surface area contributed by atoms with E-state index in [4.69, 9.17) is 32.7 Å². The Balaban J connectivity index is 0.000000198. The van der Waals surface area contributed by atoms with E-state index in [0.717, 1.165) is 140 Å². The lowest BCUT2D eigenvalue weighted by atomic mass is 9.98. The number of ether oxygens (including phenoxy) is 2. The van der Waals surface area contributed by atoms with Crippen LogP contribution in [0.2, 0.25) is 10.0 Å². The van der Waals surface area contributed by atoms with Crippen LogP contribution in [0.4, 0.5) is 46.3 Å². The van der Waals surface area contributed by atoms with Crippen molar-refractivity contribution in [3.63, 3.8) is 0 Å². The third-order valence-corrected chi connectivity index (χ3v) is 16.5. The van der Waals surface area contributed by atoms with Gasteiger partial charge in [0, 0.05) is 91.6 Å². The number of aliphatic hydroxyl groups is 2. The van der Waals surface area contributed by atoms with Crippen LogP contribution in [0.25, 0.3) is 0 Å². The van der Waals surface area contributed by atoms with Crippen molar-refractivity contribution in [3.05, 3.63) is 129 Å². The Labute approximate surface area is 490 Å². The van der Waals surface area contributed by atoms with Crippen LogP contribution in [0.5, 0.6) is 11.5 Å². The quantitative estimate of drug-likeness (QED) is 0.0386. The highest BCUT2D eigenvalue weighted by Crippen LogP contribution is 2.40. The molecule has 8 N–H and O–H groups in total. The molecule has 4 heterocycles. The number of β-amino-alcohol motifs (C(OH)–C–C–N with tert-alkyl or cyclic N) is 2. The van der Waals surface area contributed by atoms with Crippen molar-refractivity contribution in [1.29, 1.82) is 0 Å². The highest BCUT2D eigenvalue weighted by molar-refractivity contribution is 6.33. The zero-order valence-corrected chi connectivity index (χ0v) is 48.8. The van der Waals surface area contributed by atoms with Crippen molar-refractivity contribution in [2.24, 2.45) is 0 Å². The third-order valence-electron chi connectivity index (χ3n) is 15.9. The first-order valence-corrected chi connectivity index (χ1v) is 29.0. The molecule has 0 spiro atoms. The van der Waals surface area contributed by atoms with Crippen LogP contribution < -0.4 is 41.4 Å². The topological polar surface area (TPSA) is 230 Å². The minimum Gasteiger partial charge on any atom is -0.494 e. The molecule has 0 bridgehead atoms. The molecule has 2 fully saturated rings. The summed E-state index contributed by atoms with van der Waals surface area (Å²) in [7, 11) is 6.59. The van der Waals surface area contributed by atoms with Crippen molar-refractivity contribution in [2.45, 2.75) is 63.5 Å². The number of hydrogen-bond acceptors (Lipinski definition) is 18. The van der Waals surface area contributed by atoms with Crippen LogP contribution in [0.15, 0.2) is 85.2 Å². The van der Waals surface area contributed by atoms with E-state index in [9.17, 15) is 19.8 Å². The summed E-state index contributed by atoms with van der Waals surface area (Å²) in [4.78, 5) is 52.5. The molecule has 0 radical (unpaired) electrons. The largest absolute Gasteiger partial charge is 0.494 e. The third kappa shape index (κ3) is 14.7. The molecule has 2 saturated heterocycles. The van der Waals surface area contributed by atoms with Crippen LogP contribution in [0, 0.1) is 0 Å². The molecule has 10 rings (SSSR count). The number of halogens is 2. The Hall–Kier alpha value is -6.88. The van der Waals surface area contributed by atoms with Crippen LogP contribution in [-0.2, 0) is 25.7 Å². The van der Waals surface area contributed by atoms with E-state index in [1.165, 1.54) is 34.6 Å². The molecule has 82 heavy (non-hydrogen) atoms. The molecule has 22 heteroatoms. The van der Waals surface area contributed by atoms with Crippen LogP contribution >= 0.6 is 23.2 Å². The summed E-state index contributed by atoms with van der Waals surface area (Å²) in [6.07, 6.45) is 11.4. The number of methoxy groups -OCH3 is 2. The predicted molar refractivity (Wildman–Crippen MR) is 324 cm³/mol. The molecule has 6 aromatic rings. The standard InChI is InChI=1S/2C30H38ClN7O3/c2*1-32-29(40)23-7-3-4-9-25(23)34-28-24(31)19-33-30(36-28)35-26-11-10-20-18-21(6-5-8-22(20)27(26)41-2)38-14-12-37(13-15-38)16-17-39/h2*3-4,7,9-11,19,21,39H,5-6,8,12-18H2,1-2H3,(H,32,40)(H2,33,34,35,36)/t2*21-/m00/s1. The number of piperazine rings is 2. The Morgan fingerprint density at radius 3 is 1.34 bits per heavy atom. The molecular formula is C60H76Cl2N14O6. The fraction of sp³-hybridized carbons (Fsp3) is 0.433. The Morgan fingerprint density at radius 2 is 0.963 bits per heavy atom. The van der Waals surface area contributed by atoms with Gasteiger partial charge >= 0.3 is 0 Å². The molecule has 20 nitrogen and oxygen atoms in total. The Kier molecular flexibility index (Phi) is 21.0. The monoisotopic (exact) mass is 1160 g/mol. The van der Waals surface area contributed by atoms with Crippen molar-refractivity contribution in [2.75, 3.05) is 128 Å². The Bertz CT molecular complexity index is 2930. The first kappa shape index (κ1) is 59.7. The number of carbonyl (C=O) groups is 2. The van der Waals surface area contributed by atoms with Gasteiger partial charge in [0.25, 0.3) is 11.8 Å². The highest BCUT2D eigenvalue weighted by Gasteiger charge is 2.30. The second kappa shape index (κ2) is 28.9. The van der Waals surface area contributed by atoms with Gasteiger partial charge in [-0.1, -0.05) is 59.6 Å². The fourth-order valence-corrected chi connectivity index (χ4v) is 11.9. The SMILES string of the molecule is CNC(=O)c1ccccc1Nc1nc(Nc2ccc3c(c2OC)CCC[C@H](N2CCN(CCO)CC2)C3)ncc1Cl.CNC(=O)c1ccccc1Nc1nc(Nc2ccc3c(c2OC)CCC[C@H](N2CCN(CCO)CC2)C3)ncc1Cl. The first-order chi connectivity index (χ1) is 40.0. The van der Waals surface area contributed by atoms with Gasteiger partial charge in [0.15, 0.2) is 11.6 Å². The molecule has 0 unspecified atom stereocenters. The van der Waals surface area contributed by atoms with Gasteiger partial charge in [0.2, 0.25) is 11.9 Å². The van der Waals surface area contributed by atoms with Crippen LogP contribution in [-0.4, -0.2) is 181 Å². The molecule has 436 valence electrons. The summed E-state index contributed by atoms with van der Waals surface area (Å²) in [5.41, 5.74) is 8.82. The van der Waals surface area contributed by atoms with Crippen LogP contribution in [0.3, 0.4) is 0 Å². The lowest BCUT2D eigenvalue weighted by Gasteiger charge is -2.39. The van der Waals surface area contributed by atoms with Gasteiger partial charge in [-0.2, -0.15) is 9.97 Å². The van der Waals surface area contributed by atoms with Crippen molar-refractivity contribution in [1.82, 2.24) is 50.2 Å². The predicted octanol–water partition coefficient (Wildman–Crippen LogP) is 7.69. The van der Waals surface area contributed by atoms with Gasteiger partial charge in [0.1, 0.15) is 21.5 Å². The number of aliphatic hydroxyl groups excluding tert-OH is 2. The summed E-state index contributed by atoms with van der Waals surface area (Å²) in [5, 5.41) is 37.5. The summed E-state index contributed by atoms with van der Waals surface area (Å²) >= 11 is 12.9. The average molecular weight is 1160 g/mol. The fourth-order valence-electron chi connectivity index (χ4n) is 11.7. The summed E-state index contributed by atoms with van der Waals surface area (Å²) < 4.78 is 11.9. The van der Waals surface area contributed by atoms with Gasteiger partial charge in [-0.25, -0.2) is 9.97 Å². The number of nitrogens with zero attached hydrogens (tertiary/aromatic N) is 8. The number of benzene rings is 4. The molecular weight excluding hydrogens is 1080 g/mol. The summed E-state index contributed by atoms with van der Waals surface area (Å²) in [6, 6.07) is 23.8. The van der Waals surface area contributed by atoms with Gasteiger partial charge in [-0.05, 0) is 110 Å². The molecule has 4 aliphatic rings.